The summed E-state index contributed by atoms with van der Waals surface area (Å²) < 4.78 is 11.6. The van der Waals surface area contributed by atoms with Gasteiger partial charge >= 0.3 is 5.97 Å². The van der Waals surface area contributed by atoms with Gasteiger partial charge in [0.15, 0.2) is 0 Å². The van der Waals surface area contributed by atoms with Crippen LogP contribution in [0, 0.1) is 6.92 Å². The fourth-order valence-electron chi connectivity index (χ4n) is 2.84. The summed E-state index contributed by atoms with van der Waals surface area (Å²) in [6.45, 7) is 2.40. The summed E-state index contributed by atoms with van der Waals surface area (Å²) in [4.78, 5) is 15.7. The largest absolute Gasteiger partial charge is 0.493 e. The van der Waals surface area contributed by atoms with Gasteiger partial charge in [0.25, 0.3) is 0 Å². The third kappa shape index (κ3) is 5.16. The number of aliphatic carboxylic acids is 1. The van der Waals surface area contributed by atoms with Crippen LogP contribution in [0.3, 0.4) is 0 Å². The van der Waals surface area contributed by atoms with Gasteiger partial charge in [-0.05, 0) is 49.4 Å². The molecule has 2 aromatic carbocycles. The van der Waals surface area contributed by atoms with Crippen LogP contribution in [0.5, 0.6) is 5.75 Å². The Morgan fingerprint density at radius 3 is 2.54 bits per heavy atom. The standard InChI is InChI=1S/C22H23NO4S/c1-15-19(23-21(27-15)17-6-4-3-5-7-17)12-13-26-18-10-8-16(9-11-18)14-20(28-2)22(24)25/h3-11,20H,12-14H2,1-2H3,(H,24,25). The zero-order chi connectivity index (χ0) is 19.9. The molecule has 1 N–H and O–H groups in total. The normalized spacial score (nSPS) is 11.9. The molecule has 5 nitrogen and oxygen atoms in total. The monoisotopic (exact) mass is 397 g/mol. The Balaban J connectivity index is 1.54. The summed E-state index contributed by atoms with van der Waals surface area (Å²) in [6, 6.07) is 17.4. The number of hydrogen-bond donors (Lipinski definition) is 1. The molecule has 1 unspecified atom stereocenters. The van der Waals surface area contributed by atoms with Gasteiger partial charge in [-0.2, -0.15) is 0 Å². The van der Waals surface area contributed by atoms with Crippen LogP contribution in [-0.2, 0) is 17.6 Å². The predicted molar refractivity (Wildman–Crippen MR) is 111 cm³/mol. The van der Waals surface area contributed by atoms with Gasteiger partial charge < -0.3 is 14.3 Å². The van der Waals surface area contributed by atoms with Crippen LogP contribution in [0.2, 0.25) is 0 Å². The van der Waals surface area contributed by atoms with E-state index in [1.807, 2.05) is 67.8 Å². The molecule has 0 bridgehead atoms. The van der Waals surface area contributed by atoms with E-state index in [0.717, 1.165) is 28.3 Å². The van der Waals surface area contributed by atoms with Crippen molar-refractivity contribution in [3.63, 3.8) is 0 Å². The predicted octanol–water partition coefficient (Wildman–Crippen LogP) is 4.63. The second kappa shape index (κ2) is 9.46. The van der Waals surface area contributed by atoms with E-state index in [-0.39, 0.29) is 0 Å². The van der Waals surface area contributed by atoms with Crippen molar-refractivity contribution in [2.24, 2.45) is 0 Å². The number of benzene rings is 2. The van der Waals surface area contributed by atoms with Crippen molar-refractivity contribution < 1.29 is 19.1 Å². The van der Waals surface area contributed by atoms with Crippen LogP contribution in [0.15, 0.2) is 59.0 Å². The number of hydrogen-bond acceptors (Lipinski definition) is 5. The number of carboxylic acids is 1. The Labute approximate surface area is 168 Å². The van der Waals surface area contributed by atoms with Gasteiger partial charge in [-0.15, -0.1) is 11.8 Å². The van der Waals surface area contributed by atoms with Crippen LogP contribution < -0.4 is 4.74 Å². The molecule has 3 rings (SSSR count). The molecule has 28 heavy (non-hydrogen) atoms. The first-order chi connectivity index (χ1) is 13.6. The lowest BCUT2D eigenvalue weighted by Gasteiger charge is -2.10. The molecule has 1 heterocycles. The van der Waals surface area contributed by atoms with E-state index < -0.39 is 11.2 Å². The van der Waals surface area contributed by atoms with Crippen LogP contribution in [0.1, 0.15) is 17.0 Å². The van der Waals surface area contributed by atoms with Crippen LogP contribution in [0.4, 0.5) is 0 Å². The topological polar surface area (TPSA) is 72.6 Å². The van der Waals surface area contributed by atoms with Gasteiger partial charge in [0.2, 0.25) is 5.89 Å². The maximum Gasteiger partial charge on any atom is 0.316 e. The van der Waals surface area contributed by atoms with Crippen LogP contribution >= 0.6 is 11.8 Å². The fraction of sp³-hybridized carbons (Fsp3) is 0.273. The third-order valence-corrected chi connectivity index (χ3v) is 5.36. The van der Waals surface area contributed by atoms with E-state index in [1.54, 1.807) is 0 Å². The first-order valence-corrected chi connectivity index (χ1v) is 10.3. The average molecular weight is 397 g/mol. The highest BCUT2D eigenvalue weighted by Crippen LogP contribution is 2.22. The molecule has 0 saturated heterocycles. The first-order valence-electron chi connectivity index (χ1n) is 9.06. The Bertz CT molecular complexity index is 906. The Hall–Kier alpha value is -2.73. The van der Waals surface area contributed by atoms with Crippen molar-refractivity contribution in [1.82, 2.24) is 4.98 Å². The Morgan fingerprint density at radius 1 is 1.18 bits per heavy atom. The molecule has 1 atom stereocenters. The molecule has 0 amide bonds. The summed E-state index contributed by atoms with van der Waals surface area (Å²) in [5.41, 5.74) is 2.83. The smallest absolute Gasteiger partial charge is 0.316 e. The number of aryl methyl sites for hydroxylation is 1. The number of aromatic nitrogens is 1. The van der Waals surface area contributed by atoms with Crippen molar-refractivity contribution in [1.29, 1.82) is 0 Å². The van der Waals surface area contributed by atoms with Gasteiger partial charge in [-0.1, -0.05) is 30.3 Å². The molecule has 0 radical (unpaired) electrons. The van der Waals surface area contributed by atoms with E-state index in [1.165, 1.54) is 11.8 Å². The molecular formula is C22H23NO4S. The molecular weight excluding hydrogens is 374 g/mol. The van der Waals surface area contributed by atoms with E-state index in [0.29, 0.717) is 25.3 Å². The second-order valence-corrected chi connectivity index (χ2v) is 7.44. The number of carbonyl (C=O) groups is 1. The van der Waals surface area contributed by atoms with Crippen molar-refractivity contribution >= 4 is 17.7 Å². The minimum absolute atomic E-state index is 0.430. The molecule has 0 saturated carbocycles. The van der Waals surface area contributed by atoms with E-state index in [2.05, 4.69) is 4.98 Å². The molecule has 0 fully saturated rings. The second-order valence-electron chi connectivity index (χ2n) is 6.40. The maximum absolute atomic E-state index is 11.1. The van der Waals surface area contributed by atoms with E-state index in [4.69, 9.17) is 14.3 Å². The summed E-state index contributed by atoms with van der Waals surface area (Å²) >= 11 is 1.34. The zero-order valence-corrected chi connectivity index (χ0v) is 16.7. The van der Waals surface area contributed by atoms with E-state index >= 15 is 0 Å². The number of carboxylic acid groups (broad SMARTS) is 1. The lowest BCUT2D eigenvalue weighted by Crippen LogP contribution is -2.18. The molecule has 0 aliphatic heterocycles. The molecule has 0 aliphatic rings. The molecule has 0 spiro atoms. The number of rotatable bonds is 9. The number of oxazole rings is 1. The highest BCUT2D eigenvalue weighted by atomic mass is 32.2. The van der Waals surface area contributed by atoms with Gasteiger partial charge in [0, 0.05) is 12.0 Å². The molecule has 6 heteroatoms. The van der Waals surface area contributed by atoms with Gasteiger partial charge in [0.05, 0.1) is 12.3 Å². The quantitative estimate of drug-likeness (QED) is 0.567. The Morgan fingerprint density at radius 2 is 1.89 bits per heavy atom. The fourth-order valence-corrected chi connectivity index (χ4v) is 3.40. The van der Waals surface area contributed by atoms with Crippen LogP contribution in [0.25, 0.3) is 11.5 Å². The number of ether oxygens (including phenoxy) is 1. The summed E-state index contributed by atoms with van der Waals surface area (Å²) in [5.74, 6) is 1.39. The molecule has 1 aromatic heterocycles. The van der Waals surface area contributed by atoms with Gasteiger partial charge in [0.1, 0.15) is 16.8 Å². The van der Waals surface area contributed by atoms with Gasteiger partial charge in [-0.25, -0.2) is 4.98 Å². The molecule has 0 aliphatic carbocycles. The summed E-state index contributed by atoms with van der Waals surface area (Å²) in [6.07, 6.45) is 2.96. The average Bonchev–Trinajstić information content (AvgIpc) is 3.08. The number of thioether (sulfide) groups is 1. The lowest BCUT2D eigenvalue weighted by atomic mass is 10.1. The highest BCUT2D eigenvalue weighted by Gasteiger charge is 2.16. The van der Waals surface area contributed by atoms with Crippen molar-refractivity contribution in [2.75, 3.05) is 12.9 Å². The Kier molecular flexibility index (Phi) is 6.76. The minimum Gasteiger partial charge on any atom is -0.493 e. The van der Waals surface area contributed by atoms with E-state index in [9.17, 15) is 4.79 Å². The highest BCUT2D eigenvalue weighted by molar-refractivity contribution is 7.99. The van der Waals surface area contributed by atoms with Crippen molar-refractivity contribution in [2.45, 2.75) is 25.0 Å². The molecule has 3 aromatic rings. The lowest BCUT2D eigenvalue weighted by molar-refractivity contribution is -0.136. The third-order valence-electron chi connectivity index (χ3n) is 4.43. The maximum atomic E-state index is 11.1. The van der Waals surface area contributed by atoms with Gasteiger partial charge in [-0.3, -0.25) is 4.79 Å². The molecule has 146 valence electrons. The first kappa shape index (κ1) is 20.0. The SMILES string of the molecule is CSC(Cc1ccc(OCCc2nc(-c3ccccc3)oc2C)cc1)C(=O)O. The number of nitrogens with zero attached hydrogens (tertiary/aromatic N) is 1. The minimum atomic E-state index is -0.786. The van der Waals surface area contributed by atoms with Crippen molar-refractivity contribution in [3.05, 3.63) is 71.6 Å². The van der Waals surface area contributed by atoms with Crippen LogP contribution in [-0.4, -0.2) is 34.2 Å². The summed E-state index contributed by atoms with van der Waals surface area (Å²) in [7, 11) is 0. The zero-order valence-electron chi connectivity index (χ0n) is 15.9. The van der Waals surface area contributed by atoms with Crippen molar-refractivity contribution in [3.8, 4) is 17.2 Å². The summed E-state index contributed by atoms with van der Waals surface area (Å²) in [5, 5.41) is 8.72.